The summed E-state index contributed by atoms with van der Waals surface area (Å²) >= 11 is 0. The van der Waals surface area contributed by atoms with Gasteiger partial charge in [-0.05, 0) is 37.8 Å². The van der Waals surface area contributed by atoms with Gasteiger partial charge < -0.3 is 16.2 Å². The largest absolute Gasteiger partial charge is 0.394 e. The Morgan fingerprint density at radius 1 is 1.33 bits per heavy atom. The lowest BCUT2D eigenvalue weighted by molar-refractivity contribution is -0.123. The van der Waals surface area contributed by atoms with E-state index in [2.05, 4.69) is 12.2 Å². The number of aliphatic hydroxyl groups excluding tert-OH is 1. The Morgan fingerprint density at radius 3 is 2.52 bits per heavy atom. The third-order valence-corrected chi connectivity index (χ3v) is 4.07. The number of nitrogens with two attached hydrogens (primary N) is 1. The molecule has 118 valence electrons. The SMILES string of the molecule is CCC(CCN)CCC(=O)NC(C)(CO)c1ccccc1. The van der Waals surface area contributed by atoms with Crippen LogP contribution < -0.4 is 11.1 Å². The molecule has 0 spiro atoms. The Bertz CT molecular complexity index is 422. The van der Waals surface area contributed by atoms with Crippen molar-refractivity contribution in [1.82, 2.24) is 5.32 Å². The number of benzene rings is 1. The van der Waals surface area contributed by atoms with E-state index in [0.717, 1.165) is 24.8 Å². The zero-order chi connectivity index (χ0) is 15.7. The second-order valence-electron chi connectivity index (χ2n) is 5.79. The second-order valence-corrected chi connectivity index (χ2v) is 5.79. The van der Waals surface area contributed by atoms with Gasteiger partial charge in [0.1, 0.15) is 0 Å². The summed E-state index contributed by atoms with van der Waals surface area (Å²) in [4.78, 5) is 12.2. The van der Waals surface area contributed by atoms with Gasteiger partial charge in [0.25, 0.3) is 0 Å². The van der Waals surface area contributed by atoms with Gasteiger partial charge >= 0.3 is 0 Å². The van der Waals surface area contributed by atoms with Crippen molar-refractivity contribution in [3.8, 4) is 0 Å². The lowest BCUT2D eigenvalue weighted by Crippen LogP contribution is -2.46. The molecule has 1 amide bonds. The summed E-state index contributed by atoms with van der Waals surface area (Å²) in [5, 5.41) is 12.6. The normalized spacial score (nSPS) is 15.2. The monoisotopic (exact) mass is 292 g/mol. The number of carbonyl (C=O) groups excluding carboxylic acids is 1. The van der Waals surface area contributed by atoms with Gasteiger partial charge in [-0.15, -0.1) is 0 Å². The van der Waals surface area contributed by atoms with Crippen LogP contribution in [0.3, 0.4) is 0 Å². The quantitative estimate of drug-likeness (QED) is 0.653. The van der Waals surface area contributed by atoms with E-state index in [0.29, 0.717) is 18.9 Å². The van der Waals surface area contributed by atoms with E-state index < -0.39 is 5.54 Å². The fourth-order valence-electron chi connectivity index (χ4n) is 2.50. The highest BCUT2D eigenvalue weighted by Gasteiger charge is 2.27. The smallest absolute Gasteiger partial charge is 0.220 e. The van der Waals surface area contributed by atoms with E-state index in [4.69, 9.17) is 5.73 Å². The summed E-state index contributed by atoms with van der Waals surface area (Å²) in [5.41, 5.74) is 5.76. The van der Waals surface area contributed by atoms with Crippen LogP contribution in [0.25, 0.3) is 0 Å². The van der Waals surface area contributed by atoms with Crippen LogP contribution in [-0.2, 0) is 10.3 Å². The number of aliphatic hydroxyl groups is 1. The van der Waals surface area contributed by atoms with Gasteiger partial charge in [-0.1, -0.05) is 43.7 Å². The van der Waals surface area contributed by atoms with Gasteiger partial charge in [-0.2, -0.15) is 0 Å². The van der Waals surface area contributed by atoms with Crippen LogP contribution in [-0.4, -0.2) is 24.2 Å². The first kappa shape index (κ1) is 17.7. The summed E-state index contributed by atoms with van der Waals surface area (Å²) in [5.74, 6) is 0.476. The van der Waals surface area contributed by atoms with Gasteiger partial charge in [-0.3, -0.25) is 4.79 Å². The van der Waals surface area contributed by atoms with Crippen molar-refractivity contribution in [2.45, 2.75) is 45.1 Å². The molecule has 1 aromatic rings. The number of hydrogen-bond donors (Lipinski definition) is 3. The number of amides is 1. The predicted octanol–water partition coefficient (Wildman–Crippen LogP) is 2.17. The van der Waals surface area contributed by atoms with Gasteiger partial charge in [0.15, 0.2) is 0 Å². The highest BCUT2D eigenvalue weighted by Crippen LogP contribution is 2.21. The van der Waals surface area contributed by atoms with Crippen LogP contribution in [0.15, 0.2) is 30.3 Å². The molecule has 0 saturated carbocycles. The average Bonchev–Trinajstić information content (AvgIpc) is 2.52. The predicted molar refractivity (Wildman–Crippen MR) is 85.7 cm³/mol. The molecular formula is C17H28N2O2. The molecule has 0 saturated heterocycles. The summed E-state index contributed by atoms with van der Waals surface area (Å²) in [6, 6.07) is 9.56. The minimum absolute atomic E-state index is 0.0223. The molecule has 0 aliphatic rings. The molecular weight excluding hydrogens is 264 g/mol. The van der Waals surface area contributed by atoms with Crippen LogP contribution in [0.2, 0.25) is 0 Å². The Morgan fingerprint density at radius 2 is 2.00 bits per heavy atom. The van der Waals surface area contributed by atoms with E-state index in [1.807, 2.05) is 37.3 Å². The van der Waals surface area contributed by atoms with E-state index in [1.165, 1.54) is 0 Å². The number of nitrogens with one attached hydrogen (secondary N) is 1. The highest BCUT2D eigenvalue weighted by atomic mass is 16.3. The topological polar surface area (TPSA) is 75.4 Å². The zero-order valence-corrected chi connectivity index (χ0v) is 13.1. The second kappa shape index (κ2) is 8.80. The molecule has 0 radical (unpaired) electrons. The Labute approximate surface area is 127 Å². The molecule has 2 unspecified atom stereocenters. The number of hydrogen-bond acceptors (Lipinski definition) is 3. The summed E-state index contributed by atoms with van der Waals surface area (Å²) < 4.78 is 0. The maximum atomic E-state index is 12.2. The maximum absolute atomic E-state index is 12.2. The van der Waals surface area contributed by atoms with Crippen molar-refractivity contribution in [1.29, 1.82) is 0 Å². The fourth-order valence-corrected chi connectivity index (χ4v) is 2.50. The lowest BCUT2D eigenvalue weighted by atomic mass is 9.92. The Balaban J connectivity index is 2.59. The van der Waals surface area contributed by atoms with E-state index in [9.17, 15) is 9.90 Å². The Hall–Kier alpha value is -1.39. The molecule has 0 heterocycles. The molecule has 0 aromatic heterocycles. The molecule has 21 heavy (non-hydrogen) atoms. The van der Waals surface area contributed by atoms with Crippen molar-refractivity contribution in [2.75, 3.05) is 13.2 Å². The minimum atomic E-state index is -0.728. The minimum Gasteiger partial charge on any atom is -0.394 e. The molecule has 0 aliphatic carbocycles. The first-order chi connectivity index (χ1) is 10.1. The third-order valence-electron chi connectivity index (χ3n) is 4.07. The van der Waals surface area contributed by atoms with Gasteiger partial charge in [0, 0.05) is 6.42 Å². The molecule has 4 heteroatoms. The molecule has 2 atom stereocenters. The molecule has 1 aromatic carbocycles. The molecule has 0 bridgehead atoms. The zero-order valence-electron chi connectivity index (χ0n) is 13.1. The van der Waals surface area contributed by atoms with Crippen molar-refractivity contribution in [3.63, 3.8) is 0 Å². The summed E-state index contributed by atoms with van der Waals surface area (Å²) in [6.45, 7) is 4.51. The summed E-state index contributed by atoms with van der Waals surface area (Å²) in [7, 11) is 0. The van der Waals surface area contributed by atoms with E-state index >= 15 is 0 Å². The average molecular weight is 292 g/mol. The van der Waals surface area contributed by atoms with Crippen molar-refractivity contribution in [3.05, 3.63) is 35.9 Å². The Kier molecular flexibility index (Phi) is 7.40. The van der Waals surface area contributed by atoms with Crippen LogP contribution in [0, 0.1) is 5.92 Å². The van der Waals surface area contributed by atoms with Crippen LogP contribution in [0.4, 0.5) is 0 Å². The standard InChI is InChI=1S/C17H28N2O2/c1-3-14(11-12-18)9-10-16(21)19-17(2,13-20)15-7-5-4-6-8-15/h4-8,14,20H,3,9-13,18H2,1-2H3,(H,19,21). The van der Waals surface area contributed by atoms with Crippen LogP contribution in [0.5, 0.6) is 0 Å². The van der Waals surface area contributed by atoms with Crippen molar-refractivity contribution in [2.24, 2.45) is 11.7 Å². The summed E-state index contributed by atoms with van der Waals surface area (Å²) in [6.07, 6.45) is 3.32. The van der Waals surface area contributed by atoms with Crippen LogP contribution in [0.1, 0.15) is 45.1 Å². The van der Waals surface area contributed by atoms with E-state index in [-0.39, 0.29) is 12.5 Å². The first-order valence-corrected chi connectivity index (χ1v) is 7.73. The first-order valence-electron chi connectivity index (χ1n) is 7.73. The van der Waals surface area contributed by atoms with Crippen LogP contribution >= 0.6 is 0 Å². The van der Waals surface area contributed by atoms with Gasteiger partial charge in [0.2, 0.25) is 5.91 Å². The molecule has 0 fully saturated rings. The van der Waals surface area contributed by atoms with Crippen molar-refractivity contribution < 1.29 is 9.90 Å². The van der Waals surface area contributed by atoms with E-state index in [1.54, 1.807) is 0 Å². The van der Waals surface area contributed by atoms with Gasteiger partial charge in [-0.25, -0.2) is 0 Å². The highest BCUT2D eigenvalue weighted by molar-refractivity contribution is 5.77. The van der Waals surface area contributed by atoms with Crippen molar-refractivity contribution >= 4 is 5.91 Å². The lowest BCUT2D eigenvalue weighted by Gasteiger charge is -2.29. The third kappa shape index (κ3) is 5.48. The maximum Gasteiger partial charge on any atom is 0.220 e. The number of rotatable bonds is 9. The van der Waals surface area contributed by atoms with Gasteiger partial charge in [0.05, 0.1) is 12.1 Å². The fraction of sp³-hybridized carbons (Fsp3) is 0.588. The molecule has 0 aliphatic heterocycles. The molecule has 4 N–H and O–H groups in total. The number of carbonyl (C=O) groups is 1. The molecule has 1 rings (SSSR count). The molecule has 4 nitrogen and oxygen atoms in total.